The van der Waals surface area contributed by atoms with E-state index in [0.717, 1.165) is 65.0 Å². The quantitative estimate of drug-likeness (QED) is 0.226. The molecule has 0 fully saturated rings. The molecular weight excluding hydrogens is 412 g/mol. The normalized spacial score (nSPS) is 16.0. The van der Waals surface area contributed by atoms with Crippen LogP contribution in [0.3, 0.4) is 0 Å². The third kappa shape index (κ3) is 4.51. The Morgan fingerprint density at radius 2 is 2.03 bits per heavy atom. The fourth-order valence-corrected chi connectivity index (χ4v) is 4.85. The highest BCUT2D eigenvalue weighted by atomic mass is 16.4. The van der Waals surface area contributed by atoms with Gasteiger partial charge in [-0.1, -0.05) is 35.5 Å². The zero-order valence-corrected chi connectivity index (χ0v) is 18.5. The molecule has 0 spiro atoms. The number of para-hydroxylation sites is 2. The molecule has 0 aliphatic heterocycles. The van der Waals surface area contributed by atoms with Crippen LogP contribution in [0.15, 0.2) is 65.9 Å². The fourth-order valence-electron chi connectivity index (χ4n) is 4.85. The maximum atomic E-state index is 8.90. The highest BCUT2D eigenvalue weighted by molar-refractivity contribution is 5.79. The number of pyridine rings is 1. The molecule has 4 N–H and O–H groups in total. The number of nitrogens with one attached hydrogen (secondary N) is 1. The predicted octanol–water partition coefficient (Wildman–Crippen LogP) is 4.30. The second-order valence-electron chi connectivity index (χ2n) is 8.54. The predicted molar refractivity (Wildman–Crippen MR) is 129 cm³/mol. The molecule has 1 unspecified atom stereocenters. The molecule has 2 heterocycles. The zero-order chi connectivity index (χ0) is 22.6. The third-order valence-corrected chi connectivity index (χ3v) is 6.43. The first kappa shape index (κ1) is 21.3. The Bertz CT molecular complexity index is 1250. The lowest BCUT2D eigenvalue weighted by atomic mass is 9.90. The maximum Gasteiger partial charge on any atom is 0.121 e. The number of H-pyrrole nitrogens is 1. The van der Waals surface area contributed by atoms with Crippen molar-refractivity contribution in [1.29, 1.82) is 0 Å². The van der Waals surface area contributed by atoms with Crippen molar-refractivity contribution in [2.45, 2.75) is 44.9 Å². The largest absolute Gasteiger partial charge is 0.411 e. The molecule has 4 aromatic rings. The summed E-state index contributed by atoms with van der Waals surface area (Å²) < 4.78 is 0. The van der Waals surface area contributed by atoms with E-state index in [1.807, 2.05) is 42.6 Å². The van der Waals surface area contributed by atoms with Gasteiger partial charge in [-0.15, -0.1) is 0 Å². The zero-order valence-electron chi connectivity index (χ0n) is 18.5. The van der Waals surface area contributed by atoms with Crippen LogP contribution in [0, 0.1) is 0 Å². The SMILES string of the molecule is NCc1cc(C=NO)ccc1CN(Cc1nc2ccccc2[nH]1)C1CCCc2cccnc21. The molecule has 7 nitrogen and oxygen atoms in total. The van der Waals surface area contributed by atoms with E-state index in [0.29, 0.717) is 13.1 Å². The first-order chi connectivity index (χ1) is 16.2. The van der Waals surface area contributed by atoms with Gasteiger partial charge >= 0.3 is 0 Å². The molecule has 1 aliphatic carbocycles. The second kappa shape index (κ2) is 9.52. The minimum Gasteiger partial charge on any atom is -0.411 e. The molecule has 0 amide bonds. The summed E-state index contributed by atoms with van der Waals surface area (Å²) in [6, 6.07) is 18.6. The summed E-state index contributed by atoms with van der Waals surface area (Å²) >= 11 is 0. The number of fused-ring (bicyclic) bond motifs is 2. The number of hydrogen-bond donors (Lipinski definition) is 3. The Morgan fingerprint density at radius 1 is 1.12 bits per heavy atom. The molecule has 1 aliphatic rings. The monoisotopic (exact) mass is 440 g/mol. The number of oxime groups is 1. The lowest BCUT2D eigenvalue weighted by molar-refractivity contribution is 0.153. The highest BCUT2D eigenvalue weighted by Gasteiger charge is 2.28. The van der Waals surface area contributed by atoms with Crippen LogP contribution in [0.5, 0.6) is 0 Å². The first-order valence-corrected chi connectivity index (χ1v) is 11.4. The molecule has 33 heavy (non-hydrogen) atoms. The number of aromatic nitrogens is 3. The first-order valence-electron chi connectivity index (χ1n) is 11.4. The van der Waals surface area contributed by atoms with Crippen molar-refractivity contribution in [1.82, 2.24) is 19.9 Å². The van der Waals surface area contributed by atoms with Crippen LogP contribution in [0.4, 0.5) is 0 Å². The summed E-state index contributed by atoms with van der Waals surface area (Å²) in [7, 11) is 0. The summed E-state index contributed by atoms with van der Waals surface area (Å²) in [4.78, 5) is 15.6. The van der Waals surface area contributed by atoms with Gasteiger partial charge < -0.3 is 15.9 Å². The number of nitrogens with zero attached hydrogens (tertiary/aromatic N) is 4. The Kier molecular flexibility index (Phi) is 6.15. The molecule has 0 saturated carbocycles. The molecule has 2 aromatic carbocycles. The molecule has 168 valence electrons. The number of rotatable bonds is 7. The van der Waals surface area contributed by atoms with Crippen LogP contribution in [0.1, 0.15) is 52.7 Å². The number of aromatic amines is 1. The van der Waals surface area contributed by atoms with Crippen molar-refractivity contribution in [3.63, 3.8) is 0 Å². The number of nitrogens with two attached hydrogens (primary N) is 1. The van der Waals surface area contributed by atoms with Gasteiger partial charge in [0.2, 0.25) is 0 Å². The summed E-state index contributed by atoms with van der Waals surface area (Å²) in [5.41, 5.74) is 13.6. The smallest absolute Gasteiger partial charge is 0.121 e. The summed E-state index contributed by atoms with van der Waals surface area (Å²) in [6.07, 6.45) is 6.58. The number of hydrogen-bond acceptors (Lipinski definition) is 6. The van der Waals surface area contributed by atoms with Crippen molar-refractivity contribution in [3.05, 3.63) is 94.6 Å². The van der Waals surface area contributed by atoms with Gasteiger partial charge in [0.1, 0.15) is 5.82 Å². The lowest BCUT2D eigenvalue weighted by Crippen LogP contribution is -2.32. The van der Waals surface area contributed by atoms with Crippen LogP contribution in [0.2, 0.25) is 0 Å². The van der Waals surface area contributed by atoms with E-state index in [4.69, 9.17) is 20.9 Å². The summed E-state index contributed by atoms with van der Waals surface area (Å²) in [6.45, 7) is 1.82. The van der Waals surface area contributed by atoms with E-state index in [2.05, 4.69) is 33.2 Å². The van der Waals surface area contributed by atoms with E-state index in [-0.39, 0.29) is 6.04 Å². The average molecular weight is 441 g/mol. The number of imidazole rings is 1. The van der Waals surface area contributed by atoms with Crippen LogP contribution in [-0.2, 0) is 26.1 Å². The van der Waals surface area contributed by atoms with Crippen molar-refractivity contribution >= 4 is 17.2 Å². The third-order valence-electron chi connectivity index (χ3n) is 6.43. The molecule has 2 aromatic heterocycles. The van der Waals surface area contributed by atoms with E-state index in [1.54, 1.807) is 0 Å². The van der Waals surface area contributed by atoms with Crippen molar-refractivity contribution < 1.29 is 5.21 Å². The van der Waals surface area contributed by atoms with Gasteiger partial charge in [-0.05, 0) is 65.8 Å². The van der Waals surface area contributed by atoms with Gasteiger partial charge in [-0.25, -0.2) is 4.98 Å². The maximum absolute atomic E-state index is 8.90. The summed E-state index contributed by atoms with van der Waals surface area (Å²) in [5.74, 6) is 0.942. The molecule has 7 heteroatoms. The van der Waals surface area contributed by atoms with E-state index < -0.39 is 0 Å². The molecule has 1 atom stereocenters. The van der Waals surface area contributed by atoms with Crippen molar-refractivity contribution in [3.8, 4) is 0 Å². The Balaban J connectivity index is 1.52. The van der Waals surface area contributed by atoms with Gasteiger partial charge in [0, 0.05) is 19.3 Å². The average Bonchev–Trinajstić information content (AvgIpc) is 3.27. The highest BCUT2D eigenvalue weighted by Crippen LogP contribution is 2.35. The summed E-state index contributed by atoms with van der Waals surface area (Å²) in [5, 5.41) is 12.0. The topological polar surface area (TPSA) is 103 Å². The molecule has 0 radical (unpaired) electrons. The van der Waals surface area contributed by atoms with Crippen molar-refractivity contribution in [2.75, 3.05) is 0 Å². The van der Waals surface area contributed by atoms with Crippen LogP contribution in [0.25, 0.3) is 11.0 Å². The van der Waals surface area contributed by atoms with Gasteiger partial charge in [0.25, 0.3) is 0 Å². The molecule has 5 rings (SSSR count). The number of aryl methyl sites for hydroxylation is 1. The van der Waals surface area contributed by atoms with E-state index in [1.165, 1.54) is 11.8 Å². The van der Waals surface area contributed by atoms with E-state index >= 15 is 0 Å². The van der Waals surface area contributed by atoms with Gasteiger partial charge in [0.15, 0.2) is 0 Å². The van der Waals surface area contributed by atoms with Crippen LogP contribution in [-0.4, -0.2) is 31.3 Å². The minimum atomic E-state index is 0.201. The van der Waals surface area contributed by atoms with E-state index in [9.17, 15) is 0 Å². The van der Waals surface area contributed by atoms with Gasteiger partial charge in [0.05, 0.1) is 35.5 Å². The van der Waals surface area contributed by atoms with Crippen LogP contribution >= 0.6 is 0 Å². The molecule has 0 bridgehead atoms. The second-order valence-corrected chi connectivity index (χ2v) is 8.54. The molecular formula is C26H28N6O. The Hall–Kier alpha value is -3.55. The van der Waals surface area contributed by atoms with Gasteiger partial charge in [-0.3, -0.25) is 9.88 Å². The Labute approximate surface area is 193 Å². The minimum absolute atomic E-state index is 0.201. The van der Waals surface area contributed by atoms with Crippen LogP contribution < -0.4 is 5.73 Å². The number of benzene rings is 2. The van der Waals surface area contributed by atoms with Crippen molar-refractivity contribution in [2.24, 2.45) is 10.9 Å². The lowest BCUT2D eigenvalue weighted by Gasteiger charge is -2.35. The fraction of sp³-hybridized carbons (Fsp3) is 0.269. The Morgan fingerprint density at radius 3 is 2.88 bits per heavy atom. The molecule has 0 saturated heterocycles. The van der Waals surface area contributed by atoms with Gasteiger partial charge in [-0.2, -0.15) is 0 Å². The standard InChI is InChI=1S/C26H28N6O/c27-14-21-13-18(15-29-33)10-11-20(21)16-32(17-25-30-22-7-1-2-8-23(22)31-25)24-9-3-5-19-6-4-12-28-26(19)24/h1-2,4,6-8,10-13,15,24,33H,3,5,9,14,16-17,27H2,(H,30,31).